The number of carbonyl (C=O) groups is 1. The van der Waals surface area contributed by atoms with Crippen molar-refractivity contribution in [3.8, 4) is 0 Å². The number of benzene rings is 2. The summed E-state index contributed by atoms with van der Waals surface area (Å²) in [4.78, 5) is 13.8. The second kappa shape index (κ2) is 15.5. The van der Waals surface area contributed by atoms with Crippen molar-refractivity contribution >= 4 is 24.6 Å². The summed E-state index contributed by atoms with van der Waals surface area (Å²) in [7, 11) is 0. The van der Waals surface area contributed by atoms with Gasteiger partial charge < -0.3 is 0 Å². The molecule has 0 saturated heterocycles. The van der Waals surface area contributed by atoms with E-state index >= 15 is 0 Å². The average Bonchev–Trinajstić information content (AvgIpc) is 2.87. The van der Waals surface area contributed by atoms with E-state index in [1.807, 2.05) is 42.5 Å². The van der Waals surface area contributed by atoms with Crippen LogP contribution in [0.25, 0.3) is 0 Å². The van der Waals surface area contributed by atoms with Crippen LogP contribution >= 0.6 is 0 Å². The van der Waals surface area contributed by atoms with Crippen molar-refractivity contribution in [3.05, 3.63) is 84.4 Å². The van der Waals surface area contributed by atoms with Gasteiger partial charge >= 0.3 is 208 Å². The van der Waals surface area contributed by atoms with E-state index < -0.39 is 18.8 Å². The first-order valence-corrected chi connectivity index (χ1v) is 20.3. The molecule has 0 radical (unpaired) electrons. The van der Waals surface area contributed by atoms with Crippen molar-refractivity contribution in [2.75, 3.05) is 0 Å². The summed E-state index contributed by atoms with van der Waals surface area (Å²) in [6.45, 7) is 10.9. The van der Waals surface area contributed by atoms with Gasteiger partial charge in [-0.15, -0.1) is 0 Å². The SMILES string of the molecule is C=CCC(C(=O)c1ccccc1)C([O][Sn]([CH2]CCC)([CH2]CCC)[CH2]CCC)c1ccccc1. The Labute approximate surface area is 207 Å². The molecule has 0 bridgehead atoms. The van der Waals surface area contributed by atoms with Gasteiger partial charge in [-0.2, -0.15) is 0 Å². The van der Waals surface area contributed by atoms with E-state index in [0.29, 0.717) is 6.42 Å². The number of rotatable bonds is 17. The minimum absolute atomic E-state index is 0.172. The maximum absolute atomic E-state index is 13.8. The molecule has 2 aromatic carbocycles. The molecular weight excluding hydrogens is 511 g/mol. The van der Waals surface area contributed by atoms with E-state index in [0.717, 1.165) is 11.1 Å². The number of hydrogen-bond acceptors (Lipinski definition) is 2. The molecule has 0 N–H and O–H groups in total. The predicted molar refractivity (Wildman–Crippen MR) is 144 cm³/mol. The van der Waals surface area contributed by atoms with Gasteiger partial charge in [0.25, 0.3) is 0 Å². The third-order valence-electron chi connectivity index (χ3n) is 6.64. The van der Waals surface area contributed by atoms with Gasteiger partial charge in [0.1, 0.15) is 0 Å². The summed E-state index contributed by atoms with van der Waals surface area (Å²) in [6, 6.07) is 20.2. The fourth-order valence-electron chi connectivity index (χ4n) is 4.71. The number of Topliss-reactive ketones (excluding diaryl/α,β-unsaturated/α-hetero) is 1. The van der Waals surface area contributed by atoms with Crippen LogP contribution in [-0.4, -0.2) is 24.6 Å². The van der Waals surface area contributed by atoms with Crippen LogP contribution in [0.3, 0.4) is 0 Å². The molecule has 2 atom stereocenters. The van der Waals surface area contributed by atoms with Gasteiger partial charge in [-0.1, -0.05) is 0 Å². The predicted octanol–water partition coefficient (Wildman–Crippen LogP) is 9.17. The molecule has 0 saturated carbocycles. The molecule has 2 unspecified atom stereocenters. The summed E-state index contributed by atoms with van der Waals surface area (Å²) in [5.74, 6) is -0.0701. The molecule has 180 valence electrons. The van der Waals surface area contributed by atoms with Crippen molar-refractivity contribution in [2.24, 2.45) is 5.92 Å². The van der Waals surface area contributed by atoms with E-state index in [4.69, 9.17) is 3.07 Å². The zero-order chi connectivity index (χ0) is 23.9. The van der Waals surface area contributed by atoms with Crippen LogP contribution in [0.15, 0.2) is 73.3 Å². The summed E-state index contributed by atoms with van der Waals surface area (Å²) >= 11 is -2.97. The molecule has 3 heteroatoms. The number of carbonyl (C=O) groups excluding carboxylic acids is 1. The topological polar surface area (TPSA) is 26.3 Å². The average molecular weight is 555 g/mol. The molecule has 2 nitrogen and oxygen atoms in total. The number of hydrogen-bond donors (Lipinski definition) is 0. The number of allylic oxidation sites excluding steroid dienone is 1. The molecule has 2 aromatic rings. The van der Waals surface area contributed by atoms with Crippen molar-refractivity contribution in [3.63, 3.8) is 0 Å². The van der Waals surface area contributed by atoms with Crippen molar-refractivity contribution in [2.45, 2.75) is 85.1 Å². The van der Waals surface area contributed by atoms with E-state index in [-0.39, 0.29) is 17.8 Å². The van der Waals surface area contributed by atoms with Gasteiger partial charge in [0, 0.05) is 0 Å². The fourth-order valence-corrected chi connectivity index (χ4v) is 18.8. The van der Waals surface area contributed by atoms with Gasteiger partial charge in [0.15, 0.2) is 0 Å². The third kappa shape index (κ3) is 8.72. The van der Waals surface area contributed by atoms with Gasteiger partial charge in [-0.25, -0.2) is 0 Å². The molecule has 0 aliphatic rings. The Balaban J connectivity index is 2.52. The van der Waals surface area contributed by atoms with E-state index in [2.05, 4.69) is 51.6 Å². The Kier molecular flexibility index (Phi) is 13.1. The van der Waals surface area contributed by atoms with E-state index in [9.17, 15) is 4.79 Å². The summed E-state index contributed by atoms with van der Waals surface area (Å²) in [5.41, 5.74) is 1.91. The molecule has 0 fully saturated rings. The molecule has 0 aromatic heterocycles. The normalized spacial score (nSPS) is 13.4. The Morgan fingerprint density at radius 2 is 1.33 bits per heavy atom. The van der Waals surface area contributed by atoms with Crippen LogP contribution in [0, 0.1) is 5.92 Å². The third-order valence-corrected chi connectivity index (χ3v) is 19.6. The van der Waals surface area contributed by atoms with E-state index in [1.54, 1.807) is 0 Å². The van der Waals surface area contributed by atoms with Crippen molar-refractivity contribution in [1.82, 2.24) is 0 Å². The van der Waals surface area contributed by atoms with Crippen LogP contribution in [0.4, 0.5) is 0 Å². The molecule has 2 rings (SSSR count). The molecule has 33 heavy (non-hydrogen) atoms. The first kappa shape index (κ1) is 27.9. The molecule has 0 aliphatic carbocycles. The van der Waals surface area contributed by atoms with Gasteiger partial charge in [0.2, 0.25) is 0 Å². The van der Waals surface area contributed by atoms with Gasteiger partial charge in [-0.3, -0.25) is 0 Å². The number of ketones is 1. The molecule has 0 spiro atoms. The fraction of sp³-hybridized carbons (Fsp3) is 0.500. The van der Waals surface area contributed by atoms with Crippen LogP contribution in [0.1, 0.15) is 87.7 Å². The first-order chi connectivity index (χ1) is 16.1. The van der Waals surface area contributed by atoms with Crippen LogP contribution in [0.5, 0.6) is 0 Å². The van der Waals surface area contributed by atoms with Gasteiger partial charge in [-0.05, 0) is 0 Å². The van der Waals surface area contributed by atoms with E-state index in [1.165, 1.54) is 51.8 Å². The van der Waals surface area contributed by atoms with Crippen molar-refractivity contribution < 1.29 is 7.87 Å². The molecule has 0 aliphatic heterocycles. The van der Waals surface area contributed by atoms with Gasteiger partial charge in [0.05, 0.1) is 0 Å². The number of unbranched alkanes of at least 4 members (excludes halogenated alkanes) is 3. The molecule has 0 amide bonds. The standard InChI is InChI=1S/C18H17O2.3C4H9.Sn/c1-2-9-16(17(19)14-10-5-3-6-11-14)18(20)15-12-7-4-8-13-15;3*1-3-4-2;/h2-8,10-13,16-17H,1,9H2;3*1,3-4H2,2H3;/q-1;;;;+1. The Morgan fingerprint density at radius 1 is 0.848 bits per heavy atom. The van der Waals surface area contributed by atoms with Crippen LogP contribution < -0.4 is 0 Å². The Morgan fingerprint density at radius 3 is 1.79 bits per heavy atom. The molecular formula is C30H44O2Sn. The monoisotopic (exact) mass is 556 g/mol. The zero-order valence-electron chi connectivity index (χ0n) is 21.1. The summed E-state index contributed by atoms with van der Waals surface area (Å²) in [5, 5.41) is 0. The Hall–Kier alpha value is -1.39. The van der Waals surface area contributed by atoms with Crippen LogP contribution in [-0.2, 0) is 3.07 Å². The summed E-state index contributed by atoms with van der Waals surface area (Å²) in [6.07, 6.45) is 9.66. The Bertz CT molecular complexity index is 781. The maximum atomic E-state index is 13.8. The van der Waals surface area contributed by atoms with Crippen molar-refractivity contribution in [1.29, 1.82) is 0 Å². The second-order valence-electron chi connectivity index (χ2n) is 9.30. The zero-order valence-corrected chi connectivity index (χ0v) is 24.0. The first-order valence-electron chi connectivity index (χ1n) is 13.0. The summed E-state index contributed by atoms with van der Waals surface area (Å²) < 4.78 is 11.2. The molecule has 0 heterocycles. The quantitative estimate of drug-likeness (QED) is 0.111. The van der Waals surface area contributed by atoms with Crippen LogP contribution in [0.2, 0.25) is 13.3 Å². The second-order valence-corrected chi connectivity index (χ2v) is 21.0. The minimum atomic E-state index is -2.97.